The number of carbonyl (C=O) groups is 1. The van der Waals surface area contributed by atoms with Crippen LogP contribution in [0.15, 0.2) is 48.0 Å². The van der Waals surface area contributed by atoms with Crippen LogP contribution in [0.25, 0.3) is 6.08 Å². The first kappa shape index (κ1) is 21.9. The van der Waals surface area contributed by atoms with Gasteiger partial charge in [0.15, 0.2) is 0 Å². The summed E-state index contributed by atoms with van der Waals surface area (Å²) in [6.07, 6.45) is 3.66. The molecular weight excluding hydrogens is 394 g/mol. The number of nitrogens with one attached hydrogen (secondary N) is 1. The van der Waals surface area contributed by atoms with Gasteiger partial charge in [0.25, 0.3) is 5.91 Å². The molecule has 4 nitrogen and oxygen atoms in total. The molecule has 0 aliphatic carbocycles. The lowest BCUT2D eigenvalue weighted by Crippen LogP contribution is -2.48. The van der Waals surface area contributed by atoms with Gasteiger partial charge < -0.3 is 10.2 Å². The fourth-order valence-corrected chi connectivity index (χ4v) is 4.51. The normalized spacial score (nSPS) is 17.8. The number of hydrogen-bond donors (Lipinski definition) is 1. The first-order valence-corrected chi connectivity index (χ1v) is 10.7. The van der Waals surface area contributed by atoms with E-state index in [0.29, 0.717) is 22.2 Å². The number of para-hydroxylation sites is 1. The van der Waals surface area contributed by atoms with Crippen molar-refractivity contribution in [3.05, 3.63) is 64.2 Å². The maximum absolute atomic E-state index is 12.6. The van der Waals surface area contributed by atoms with Crippen LogP contribution in [0, 0.1) is 11.3 Å². The fraction of sp³-hybridized carbons (Fsp3) is 0.360. The summed E-state index contributed by atoms with van der Waals surface area (Å²) >= 11 is 6.62. The van der Waals surface area contributed by atoms with Crippen molar-refractivity contribution in [2.45, 2.75) is 52.0 Å². The number of nitrogens with zero attached hydrogens (tertiary/aromatic N) is 2. The molecule has 1 aliphatic rings. The Morgan fingerprint density at radius 1 is 1.33 bits per heavy atom. The second-order valence-electron chi connectivity index (χ2n) is 8.49. The van der Waals surface area contributed by atoms with Crippen molar-refractivity contribution in [2.24, 2.45) is 0 Å². The van der Waals surface area contributed by atoms with E-state index in [1.807, 2.05) is 36.4 Å². The van der Waals surface area contributed by atoms with Gasteiger partial charge in [0.1, 0.15) is 11.6 Å². The van der Waals surface area contributed by atoms with Gasteiger partial charge >= 0.3 is 0 Å². The minimum absolute atomic E-state index is 0.0231. The number of benzene rings is 2. The van der Waals surface area contributed by atoms with Crippen LogP contribution in [0.4, 0.5) is 11.4 Å². The van der Waals surface area contributed by atoms with E-state index in [4.69, 9.17) is 11.6 Å². The second kappa shape index (κ2) is 8.93. The third kappa shape index (κ3) is 4.52. The van der Waals surface area contributed by atoms with E-state index in [1.54, 1.807) is 18.2 Å². The zero-order chi connectivity index (χ0) is 21.9. The highest BCUT2D eigenvalue weighted by atomic mass is 35.5. The monoisotopic (exact) mass is 421 g/mol. The van der Waals surface area contributed by atoms with Gasteiger partial charge in [-0.2, -0.15) is 5.26 Å². The molecule has 156 valence electrons. The van der Waals surface area contributed by atoms with Gasteiger partial charge in [0, 0.05) is 28.5 Å². The van der Waals surface area contributed by atoms with E-state index in [0.717, 1.165) is 25.1 Å². The topological polar surface area (TPSA) is 56.1 Å². The van der Waals surface area contributed by atoms with E-state index in [-0.39, 0.29) is 11.1 Å². The summed E-state index contributed by atoms with van der Waals surface area (Å²) < 4.78 is 0. The SMILES string of the molecule is CCCN1c2cc(Cl)c(/C=C(\C#N)C(=O)Nc3ccccc3)cc2C(C)CC1(C)C. The average Bonchev–Trinajstić information content (AvgIpc) is 2.70. The van der Waals surface area contributed by atoms with E-state index < -0.39 is 5.91 Å². The standard InChI is InChI=1S/C25H28ClN3O/c1-5-11-29-23-14-22(26)18(13-21(23)17(2)15-25(29,3)4)12-19(16-27)24(30)28-20-9-7-6-8-10-20/h6-10,12-14,17H,5,11,15H2,1-4H3,(H,28,30)/b19-12+. The molecule has 0 aromatic heterocycles. The molecule has 0 fully saturated rings. The maximum Gasteiger partial charge on any atom is 0.266 e. The zero-order valence-corrected chi connectivity index (χ0v) is 18.8. The molecule has 0 saturated heterocycles. The molecule has 2 aromatic carbocycles. The maximum atomic E-state index is 12.6. The van der Waals surface area contributed by atoms with Gasteiger partial charge in [-0.15, -0.1) is 0 Å². The minimum Gasteiger partial charge on any atom is -0.366 e. The van der Waals surface area contributed by atoms with Gasteiger partial charge in [-0.1, -0.05) is 43.6 Å². The molecule has 1 atom stereocenters. The molecule has 0 bridgehead atoms. The van der Waals surface area contributed by atoms with Crippen LogP contribution in [0.1, 0.15) is 57.6 Å². The van der Waals surface area contributed by atoms with Crippen LogP contribution in [0.3, 0.4) is 0 Å². The third-order valence-electron chi connectivity index (χ3n) is 5.65. The van der Waals surface area contributed by atoms with E-state index in [9.17, 15) is 10.1 Å². The van der Waals surface area contributed by atoms with Crippen molar-refractivity contribution in [3.8, 4) is 6.07 Å². The highest BCUT2D eigenvalue weighted by Gasteiger charge is 2.36. The second-order valence-corrected chi connectivity index (χ2v) is 8.90. The van der Waals surface area contributed by atoms with Crippen molar-refractivity contribution >= 4 is 35.0 Å². The summed E-state index contributed by atoms with van der Waals surface area (Å²) in [5.41, 5.74) is 3.77. The van der Waals surface area contributed by atoms with Gasteiger partial charge in [0.05, 0.1) is 0 Å². The Bertz CT molecular complexity index is 1010. The lowest BCUT2D eigenvalue weighted by molar-refractivity contribution is -0.112. The number of carbonyl (C=O) groups excluding carboxylic acids is 1. The van der Waals surface area contributed by atoms with Crippen molar-refractivity contribution in [1.82, 2.24) is 0 Å². The van der Waals surface area contributed by atoms with Crippen LogP contribution in [0.5, 0.6) is 0 Å². The predicted octanol–water partition coefficient (Wildman–Crippen LogP) is 6.39. The van der Waals surface area contributed by atoms with Crippen molar-refractivity contribution < 1.29 is 4.79 Å². The number of halogens is 1. The Kier molecular flexibility index (Phi) is 6.53. The van der Waals surface area contributed by atoms with Crippen molar-refractivity contribution in [3.63, 3.8) is 0 Å². The molecule has 1 N–H and O–H groups in total. The van der Waals surface area contributed by atoms with Gasteiger partial charge in [0.2, 0.25) is 0 Å². The first-order valence-electron chi connectivity index (χ1n) is 10.4. The molecule has 0 saturated carbocycles. The van der Waals surface area contributed by atoms with Crippen LogP contribution in [0.2, 0.25) is 5.02 Å². The summed E-state index contributed by atoms with van der Waals surface area (Å²) in [7, 11) is 0. The summed E-state index contributed by atoms with van der Waals surface area (Å²) in [4.78, 5) is 15.0. The lowest BCUT2D eigenvalue weighted by Gasteiger charge is -2.47. The highest BCUT2D eigenvalue weighted by Crippen LogP contribution is 2.45. The number of hydrogen-bond acceptors (Lipinski definition) is 3. The Morgan fingerprint density at radius 3 is 2.67 bits per heavy atom. The molecular formula is C25H28ClN3O. The van der Waals surface area contributed by atoms with Crippen LogP contribution < -0.4 is 10.2 Å². The number of rotatable bonds is 5. The molecule has 0 spiro atoms. The minimum atomic E-state index is -0.445. The van der Waals surface area contributed by atoms with Crippen LogP contribution >= 0.6 is 11.6 Å². The molecule has 1 aliphatic heterocycles. The fourth-order valence-electron chi connectivity index (χ4n) is 4.30. The Hall–Kier alpha value is -2.77. The van der Waals surface area contributed by atoms with Gasteiger partial charge in [-0.05, 0) is 74.1 Å². The first-order chi connectivity index (χ1) is 14.3. The Balaban J connectivity index is 1.98. The number of anilines is 2. The molecule has 30 heavy (non-hydrogen) atoms. The Morgan fingerprint density at radius 2 is 2.03 bits per heavy atom. The summed E-state index contributed by atoms with van der Waals surface area (Å²) in [5, 5.41) is 12.9. The van der Waals surface area contributed by atoms with E-state index >= 15 is 0 Å². The zero-order valence-electron chi connectivity index (χ0n) is 18.0. The molecule has 0 radical (unpaired) electrons. The molecule has 1 amide bonds. The van der Waals surface area contributed by atoms with Gasteiger partial charge in [-0.25, -0.2) is 0 Å². The molecule has 5 heteroatoms. The average molecular weight is 422 g/mol. The lowest BCUT2D eigenvalue weighted by atomic mass is 9.79. The summed E-state index contributed by atoms with van der Waals surface area (Å²) in [5.74, 6) is -0.0875. The van der Waals surface area contributed by atoms with Crippen LogP contribution in [-0.4, -0.2) is 18.0 Å². The largest absolute Gasteiger partial charge is 0.366 e. The van der Waals surface area contributed by atoms with Gasteiger partial charge in [-0.3, -0.25) is 4.79 Å². The van der Waals surface area contributed by atoms with Crippen molar-refractivity contribution in [2.75, 3.05) is 16.8 Å². The smallest absolute Gasteiger partial charge is 0.266 e. The Labute approximate surface area is 184 Å². The van der Waals surface area contributed by atoms with Crippen molar-refractivity contribution in [1.29, 1.82) is 5.26 Å². The predicted molar refractivity (Wildman–Crippen MR) is 125 cm³/mol. The number of nitriles is 1. The van der Waals surface area contributed by atoms with E-state index in [1.165, 1.54) is 5.56 Å². The quantitative estimate of drug-likeness (QED) is 0.449. The molecule has 3 rings (SSSR count). The van der Waals surface area contributed by atoms with E-state index in [2.05, 4.69) is 37.9 Å². The number of fused-ring (bicyclic) bond motifs is 1. The molecule has 1 unspecified atom stereocenters. The summed E-state index contributed by atoms with van der Waals surface area (Å²) in [6, 6.07) is 15.1. The highest BCUT2D eigenvalue weighted by molar-refractivity contribution is 6.32. The molecule has 1 heterocycles. The molecule has 2 aromatic rings. The number of amides is 1. The van der Waals surface area contributed by atoms with Crippen LogP contribution in [-0.2, 0) is 4.79 Å². The third-order valence-corrected chi connectivity index (χ3v) is 5.98. The summed E-state index contributed by atoms with van der Waals surface area (Å²) in [6.45, 7) is 9.90.